The summed E-state index contributed by atoms with van der Waals surface area (Å²) in [7, 11) is 0. The van der Waals surface area contributed by atoms with Gasteiger partial charge in [-0.25, -0.2) is 0 Å². The van der Waals surface area contributed by atoms with E-state index in [1.807, 2.05) is 4.90 Å². The predicted molar refractivity (Wildman–Crippen MR) is 72.4 cm³/mol. The van der Waals surface area contributed by atoms with Gasteiger partial charge in [0.2, 0.25) is 0 Å². The van der Waals surface area contributed by atoms with Crippen molar-refractivity contribution in [2.24, 2.45) is 0 Å². The number of nitro groups is 1. The summed E-state index contributed by atoms with van der Waals surface area (Å²) < 4.78 is 37.3. The van der Waals surface area contributed by atoms with Crippen LogP contribution in [0.15, 0.2) is 24.3 Å². The Balaban J connectivity index is 2.00. The maximum Gasteiger partial charge on any atom is 0.401 e. The van der Waals surface area contributed by atoms with Gasteiger partial charge >= 0.3 is 6.18 Å². The third-order valence-corrected chi connectivity index (χ3v) is 3.57. The molecule has 5 nitrogen and oxygen atoms in total. The van der Waals surface area contributed by atoms with Gasteiger partial charge in [-0.2, -0.15) is 13.2 Å². The number of rotatable bonds is 3. The lowest BCUT2D eigenvalue weighted by Crippen LogP contribution is -2.54. The van der Waals surface area contributed by atoms with Crippen LogP contribution in [0.25, 0.3) is 0 Å². The van der Waals surface area contributed by atoms with Crippen molar-refractivity contribution in [2.75, 3.05) is 31.1 Å². The Kier molecular flexibility index (Phi) is 4.36. The maximum atomic E-state index is 12.4. The summed E-state index contributed by atoms with van der Waals surface area (Å²) in [5, 5.41) is 10.6. The van der Waals surface area contributed by atoms with Gasteiger partial charge in [-0.05, 0) is 19.1 Å². The number of alkyl halides is 3. The highest BCUT2D eigenvalue weighted by atomic mass is 19.4. The van der Waals surface area contributed by atoms with E-state index in [0.717, 1.165) is 5.69 Å². The highest BCUT2D eigenvalue weighted by Gasteiger charge is 2.35. The Hall–Kier alpha value is -1.83. The number of non-ortho nitro benzene ring substituents is 1. The molecule has 1 atom stereocenters. The minimum absolute atomic E-state index is 0.00232. The molecule has 1 fully saturated rings. The van der Waals surface area contributed by atoms with Crippen LogP contribution < -0.4 is 4.90 Å². The average molecular weight is 303 g/mol. The van der Waals surface area contributed by atoms with E-state index in [9.17, 15) is 23.3 Å². The summed E-state index contributed by atoms with van der Waals surface area (Å²) in [5.41, 5.74) is 0.793. The normalized spacial score (nSPS) is 20.6. The van der Waals surface area contributed by atoms with Crippen LogP contribution in [-0.2, 0) is 0 Å². The predicted octanol–water partition coefficient (Wildman–Crippen LogP) is 2.67. The van der Waals surface area contributed by atoms with Crippen molar-refractivity contribution in [1.82, 2.24) is 4.90 Å². The first-order chi connectivity index (χ1) is 9.76. The van der Waals surface area contributed by atoms with Crippen LogP contribution in [-0.4, -0.2) is 48.2 Å². The molecule has 21 heavy (non-hydrogen) atoms. The molecular formula is C13H16F3N3O2. The van der Waals surface area contributed by atoms with Crippen molar-refractivity contribution in [2.45, 2.75) is 19.1 Å². The second-order valence-corrected chi connectivity index (χ2v) is 5.15. The van der Waals surface area contributed by atoms with Gasteiger partial charge in [-0.1, -0.05) is 0 Å². The molecule has 8 heteroatoms. The molecule has 1 aliphatic heterocycles. The van der Waals surface area contributed by atoms with Gasteiger partial charge < -0.3 is 4.90 Å². The number of nitro benzene ring substituents is 1. The molecule has 0 aromatic heterocycles. The number of anilines is 1. The molecule has 2 rings (SSSR count). The Morgan fingerprint density at radius 1 is 1.29 bits per heavy atom. The largest absolute Gasteiger partial charge is 0.401 e. The van der Waals surface area contributed by atoms with Crippen LogP contribution in [0.1, 0.15) is 6.92 Å². The molecule has 0 amide bonds. The topological polar surface area (TPSA) is 49.6 Å². The lowest BCUT2D eigenvalue weighted by molar-refractivity contribution is -0.384. The summed E-state index contributed by atoms with van der Waals surface area (Å²) >= 11 is 0. The first-order valence-corrected chi connectivity index (χ1v) is 6.56. The molecular weight excluding hydrogens is 287 g/mol. The third-order valence-electron chi connectivity index (χ3n) is 3.57. The molecule has 116 valence electrons. The summed E-state index contributed by atoms with van der Waals surface area (Å²) in [6.45, 7) is 2.11. The van der Waals surface area contributed by atoms with E-state index < -0.39 is 17.6 Å². The number of benzene rings is 1. The monoisotopic (exact) mass is 303 g/mol. The van der Waals surface area contributed by atoms with Gasteiger partial charge in [0.25, 0.3) is 5.69 Å². The Morgan fingerprint density at radius 3 is 2.38 bits per heavy atom. The zero-order chi connectivity index (χ0) is 15.6. The van der Waals surface area contributed by atoms with E-state index in [0.29, 0.717) is 19.6 Å². The van der Waals surface area contributed by atoms with Gasteiger partial charge in [0, 0.05) is 43.5 Å². The molecule has 0 saturated carbocycles. The van der Waals surface area contributed by atoms with Gasteiger partial charge in [0.05, 0.1) is 11.5 Å². The lowest BCUT2D eigenvalue weighted by atomic mass is 10.1. The minimum Gasteiger partial charge on any atom is -0.369 e. The molecule has 0 radical (unpaired) electrons. The molecule has 1 heterocycles. The van der Waals surface area contributed by atoms with Gasteiger partial charge in [0.1, 0.15) is 0 Å². The first-order valence-electron chi connectivity index (χ1n) is 6.56. The molecule has 0 spiro atoms. The van der Waals surface area contributed by atoms with Crippen molar-refractivity contribution >= 4 is 11.4 Å². The summed E-state index contributed by atoms with van der Waals surface area (Å²) in [4.78, 5) is 13.5. The van der Waals surface area contributed by atoms with Crippen LogP contribution in [0.5, 0.6) is 0 Å². The fourth-order valence-electron chi connectivity index (χ4n) is 2.48. The second-order valence-electron chi connectivity index (χ2n) is 5.15. The van der Waals surface area contributed by atoms with E-state index in [1.54, 1.807) is 19.1 Å². The summed E-state index contributed by atoms with van der Waals surface area (Å²) in [6.07, 6.45) is -4.19. The number of hydrogen-bond acceptors (Lipinski definition) is 4. The van der Waals surface area contributed by atoms with Crippen molar-refractivity contribution in [3.05, 3.63) is 34.4 Å². The highest BCUT2D eigenvalue weighted by molar-refractivity contribution is 5.51. The summed E-state index contributed by atoms with van der Waals surface area (Å²) in [6, 6.07) is 5.84. The zero-order valence-corrected chi connectivity index (χ0v) is 11.5. The van der Waals surface area contributed by atoms with Crippen molar-refractivity contribution in [3.63, 3.8) is 0 Å². The molecule has 1 unspecified atom stereocenters. The van der Waals surface area contributed by atoms with Crippen LogP contribution >= 0.6 is 0 Å². The molecule has 1 saturated heterocycles. The van der Waals surface area contributed by atoms with E-state index >= 15 is 0 Å². The Bertz CT molecular complexity index is 504. The number of hydrogen-bond donors (Lipinski definition) is 0. The molecule has 0 aliphatic carbocycles. The van der Waals surface area contributed by atoms with Gasteiger partial charge in [0.15, 0.2) is 0 Å². The number of halogens is 3. The van der Waals surface area contributed by atoms with Crippen molar-refractivity contribution < 1.29 is 18.1 Å². The third kappa shape index (κ3) is 4.07. The van der Waals surface area contributed by atoms with Crippen LogP contribution in [0.2, 0.25) is 0 Å². The first kappa shape index (κ1) is 15.6. The molecule has 0 N–H and O–H groups in total. The van der Waals surface area contributed by atoms with Gasteiger partial charge in [-0.3, -0.25) is 15.0 Å². The van der Waals surface area contributed by atoms with E-state index in [2.05, 4.69) is 0 Å². The quantitative estimate of drug-likeness (QED) is 0.636. The van der Waals surface area contributed by atoms with E-state index in [-0.39, 0.29) is 11.7 Å². The lowest BCUT2D eigenvalue weighted by Gasteiger charge is -2.41. The highest BCUT2D eigenvalue weighted by Crippen LogP contribution is 2.24. The second kappa shape index (κ2) is 5.88. The van der Waals surface area contributed by atoms with E-state index in [4.69, 9.17) is 0 Å². The minimum atomic E-state index is -4.19. The average Bonchev–Trinajstić information content (AvgIpc) is 2.40. The zero-order valence-electron chi connectivity index (χ0n) is 11.5. The standard InChI is InChI=1S/C13H16F3N3O2/c1-10-8-17(6-7-18(10)9-13(14,15)16)11-2-4-12(5-3-11)19(20)21/h2-5,10H,6-9H2,1H3. The van der Waals surface area contributed by atoms with Crippen LogP contribution in [0.4, 0.5) is 24.5 Å². The van der Waals surface area contributed by atoms with Crippen LogP contribution in [0.3, 0.4) is 0 Å². The van der Waals surface area contributed by atoms with Crippen LogP contribution in [0, 0.1) is 10.1 Å². The van der Waals surface area contributed by atoms with Crippen molar-refractivity contribution in [1.29, 1.82) is 0 Å². The Labute approximate surface area is 120 Å². The maximum absolute atomic E-state index is 12.4. The molecule has 1 aromatic carbocycles. The van der Waals surface area contributed by atoms with Crippen molar-refractivity contribution in [3.8, 4) is 0 Å². The molecule has 1 aromatic rings. The molecule has 1 aliphatic rings. The van der Waals surface area contributed by atoms with E-state index in [1.165, 1.54) is 17.0 Å². The smallest absolute Gasteiger partial charge is 0.369 e. The SMILES string of the molecule is CC1CN(c2ccc([N+](=O)[O-])cc2)CCN1CC(F)(F)F. The number of nitrogens with zero attached hydrogens (tertiary/aromatic N) is 3. The fourth-order valence-corrected chi connectivity index (χ4v) is 2.48. The fraction of sp³-hybridized carbons (Fsp3) is 0.538. The van der Waals surface area contributed by atoms with Gasteiger partial charge in [-0.15, -0.1) is 0 Å². The number of piperazine rings is 1. The Morgan fingerprint density at radius 2 is 1.90 bits per heavy atom. The molecule has 0 bridgehead atoms. The summed E-state index contributed by atoms with van der Waals surface area (Å²) in [5.74, 6) is 0.